The van der Waals surface area contributed by atoms with Gasteiger partial charge in [0, 0.05) is 10.6 Å². The number of phenolic OH excluding ortho intramolecular Hbond substituents is 1. The third-order valence-corrected chi connectivity index (χ3v) is 3.83. The van der Waals surface area contributed by atoms with Gasteiger partial charge in [0.15, 0.2) is 0 Å². The fraction of sp³-hybridized carbons (Fsp3) is 0. The van der Waals surface area contributed by atoms with Crippen molar-refractivity contribution in [2.45, 2.75) is 0 Å². The molecule has 126 valence electrons. The molecule has 0 radical (unpaired) electrons. The van der Waals surface area contributed by atoms with E-state index in [1.165, 1.54) is 12.3 Å². The van der Waals surface area contributed by atoms with Crippen LogP contribution in [0.4, 0.5) is 0 Å². The van der Waals surface area contributed by atoms with Crippen molar-refractivity contribution in [3.63, 3.8) is 0 Å². The first kappa shape index (κ1) is 17.0. The van der Waals surface area contributed by atoms with E-state index in [2.05, 4.69) is 20.7 Å². The van der Waals surface area contributed by atoms with Crippen LogP contribution >= 0.6 is 23.2 Å². The standard InChI is InChI=1S/C17H12Cl2N4O2/c18-11-4-5-13(14(19)7-11)15-8-16(22-21-15)17(25)23-20-9-10-2-1-3-12(24)6-10/h1-9,24H,(H,21,22)(H,23,25). The number of H-pyrrole nitrogens is 1. The maximum atomic E-state index is 12.1. The van der Waals surface area contributed by atoms with Crippen molar-refractivity contribution < 1.29 is 9.90 Å². The van der Waals surface area contributed by atoms with Crippen LogP contribution in [0.5, 0.6) is 5.75 Å². The summed E-state index contributed by atoms with van der Waals surface area (Å²) in [6.07, 6.45) is 1.42. The van der Waals surface area contributed by atoms with E-state index in [0.717, 1.165) is 0 Å². The van der Waals surface area contributed by atoms with Gasteiger partial charge in [0.1, 0.15) is 11.4 Å². The Morgan fingerprint density at radius 2 is 2.04 bits per heavy atom. The van der Waals surface area contributed by atoms with Crippen molar-refractivity contribution >= 4 is 35.3 Å². The summed E-state index contributed by atoms with van der Waals surface area (Å²) in [5.41, 5.74) is 4.44. The molecular weight excluding hydrogens is 363 g/mol. The van der Waals surface area contributed by atoms with Gasteiger partial charge in [-0.2, -0.15) is 10.2 Å². The summed E-state index contributed by atoms with van der Waals surface area (Å²) in [4.78, 5) is 12.1. The van der Waals surface area contributed by atoms with E-state index < -0.39 is 5.91 Å². The molecule has 2 aromatic carbocycles. The van der Waals surface area contributed by atoms with Gasteiger partial charge in [-0.3, -0.25) is 9.89 Å². The summed E-state index contributed by atoms with van der Waals surface area (Å²) in [5, 5.41) is 20.9. The molecule has 0 spiro atoms. The highest BCUT2D eigenvalue weighted by molar-refractivity contribution is 6.36. The molecule has 0 saturated heterocycles. The minimum absolute atomic E-state index is 0.119. The van der Waals surface area contributed by atoms with Crippen LogP contribution in [0.25, 0.3) is 11.3 Å². The molecule has 25 heavy (non-hydrogen) atoms. The summed E-state index contributed by atoms with van der Waals surface area (Å²) in [7, 11) is 0. The number of halogens is 2. The molecule has 1 heterocycles. The molecule has 1 aromatic heterocycles. The van der Waals surface area contributed by atoms with Gasteiger partial charge in [0.25, 0.3) is 5.91 Å². The van der Waals surface area contributed by atoms with Crippen LogP contribution in [-0.2, 0) is 0 Å². The van der Waals surface area contributed by atoms with Crippen LogP contribution < -0.4 is 5.43 Å². The average molecular weight is 375 g/mol. The van der Waals surface area contributed by atoms with Gasteiger partial charge in [0.2, 0.25) is 0 Å². The Bertz CT molecular complexity index is 953. The van der Waals surface area contributed by atoms with Crippen molar-refractivity contribution in [1.29, 1.82) is 0 Å². The Hall–Kier alpha value is -2.83. The van der Waals surface area contributed by atoms with Gasteiger partial charge < -0.3 is 5.11 Å². The average Bonchev–Trinajstić information content (AvgIpc) is 3.04. The van der Waals surface area contributed by atoms with E-state index in [4.69, 9.17) is 23.2 Å². The number of phenols is 1. The zero-order valence-electron chi connectivity index (χ0n) is 12.7. The van der Waals surface area contributed by atoms with Crippen molar-refractivity contribution in [1.82, 2.24) is 15.6 Å². The number of aromatic nitrogens is 2. The first-order chi connectivity index (χ1) is 12.0. The molecule has 0 aliphatic rings. The largest absolute Gasteiger partial charge is 0.508 e. The molecule has 0 aliphatic carbocycles. The maximum absolute atomic E-state index is 12.1. The predicted molar refractivity (Wildman–Crippen MR) is 97.2 cm³/mol. The SMILES string of the molecule is O=C(NN=Cc1cccc(O)c1)c1cc(-c2ccc(Cl)cc2Cl)n[nH]1. The first-order valence-corrected chi connectivity index (χ1v) is 7.92. The number of hydrazone groups is 1. The number of aromatic hydroxyl groups is 1. The highest BCUT2D eigenvalue weighted by atomic mass is 35.5. The van der Waals surface area contributed by atoms with Crippen molar-refractivity contribution in [3.05, 3.63) is 69.8 Å². The lowest BCUT2D eigenvalue weighted by Gasteiger charge is -2.00. The Kier molecular flexibility index (Phi) is 5.02. The number of rotatable bonds is 4. The molecule has 8 heteroatoms. The predicted octanol–water partition coefficient (Wildman–Crippen LogP) is 3.85. The number of amides is 1. The molecule has 3 N–H and O–H groups in total. The van der Waals surface area contributed by atoms with Crippen molar-refractivity contribution in [2.75, 3.05) is 0 Å². The number of carbonyl (C=O) groups is 1. The van der Waals surface area contributed by atoms with E-state index in [1.807, 2.05) is 0 Å². The Balaban J connectivity index is 1.70. The van der Waals surface area contributed by atoms with Crippen LogP contribution in [0, 0.1) is 0 Å². The molecule has 6 nitrogen and oxygen atoms in total. The quantitative estimate of drug-likeness (QED) is 0.478. The molecule has 0 fully saturated rings. The molecule has 0 aliphatic heterocycles. The molecule has 1 amide bonds. The fourth-order valence-electron chi connectivity index (χ4n) is 2.10. The molecule has 3 rings (SSSR count). The minimum Gasteiger partial charge on any atom is -0.508 e. The third-order valence-electron chi connectivity index (χ3n) is 3.28. The first-order valence-electron chi connectivity index (χ1n) is 7.16. The second-order valence-electron chi connectivity index (χ2n) is 5.09. The van der Waals surface area contributed by atoms with Crippen molar-refractivity contribution in [2.24, 2.45) is 5.10 Å². The van der Waals surface area contributed by atoms with Gasteiger partial charge in [-0.25, -0.2) is 5.43 Å². The van der Waals surface area contributed by atoms with Gasteiger partial charge in [-0.1, -0.05) is 35.3 Å². The molecular formula is C17H12Cl2N4O2. The zero-order chi connectivity index (χ0) is 17.8. The number of hydrogen-bond donors (Lipinski definition) is 3. The Labute approximate surface area is 153 Å². The topological polar surface area (TPSA) is 90.4 Å². The zero-order valence-corrected chi connectivity index (χ0v) is 14.2. The fourth-order valence-corrected chi connectivity index (χ4v) is 2.61. The van der Waals surface area contributed by atoms with Crippen LogP contribution in [0.2, 0.25) is 10.0 Å². The summed E-state index contributed by atoms with van der Waals surface area (Å²) in [6.45, 7) is 0. The molecule has 0 saturated carbocycles. The number of benzene rings is 2. The number of aromatic amines is 1. The molecule has 0 atom stereocenters. The molecule has 0 bridgehead atoms. The van der Waals surface area contributed by atoms with Gasteiger partial charge >= 0.3 is 0 Å². The lowest BCUT2D eigenvalue weighted by atomic mass is 10.1. The summed E-state index contributed by atoms with van der Waals surface area (Å²) in [5.74, 6) is -0.339. The van der Waals surface area contributed by atoms with E-state index in [-0.39, 0.29) is 11.4 Å². The lowest BCUT2D eigenvalue weighted by Crippen LogP contribution is -2.17. The smallest absolute Gasteiger partial charge is 0.289 e. The highest BCUT2D eigenvalue weighted by Crippen LogP contribution is 2.29. The van der Waals surface area contributed by atoms with E-state index in [9.17, 15) is 9.90 Å². The van der Waals surface area contributed by atoms with Gasteiger partial charge in [-0.15, -0.1) is 0 Å². The second kappa shape index (κ2) is 7.38. The van der Waals surface area contributed by atoms with Gasteiger partial charge in [-0.05, 0) is 42.0 Å². The van der Waals surface area contributed by atoms with Crippen molar-refractivity contribution in [3.8, 4) is 17.0 Å². The molecule has 3 aromatic rings. The Morgan fingerprint density at radius 1 is 1.20 bits per heavy atom. The van der Waals surface area contributed by atoms with Crippen LogP contribution in [0.15, 0.2) is 53.6 Å². The van der Waals surface area contributed by atoms with Crippen LogP contribution in [-0.4, -0.2) is 27.4 Å². The van der Waals surface area contributed by atoms with E-state index >= 15 is 0 Å². The Morgan fingerprint density at radius 3 is 2.80 bits per heavy atom. The maximum Gasteiger partial charge on any atom is 0.289 e. The highest BCUT2D eigenvalue weighted by Gasteiger charge is 2.12. The normalized spacial score (nSPS) is 11.0. The van der Waals surface area contributed by atoms with Gasteiger partial charge in [0.05, 0.1) is 16.9 Å². The van der Waals surface area contributed by atoms with Crippen LogP contribution in [0.1, 0.15) is 16.1 Å². The summed E-state index contributed by atoms with van der Waals surface area (Å²) < 4.78 is 0. The summed E-state index contributed by atoms with van der Waals surface area (Å²) >= 11 is 12.0. The number of nitrogens with zero attached hydrogens (tertiary/aromatic N) is 2. The third kappa shape index (κ3) is 4.17. The number of carbonyl (C=O) groups excluding carboxylic acids is 1. The number of nitrogens with one attached hydrogen (secondary N) is 2. The van der Waals surface area contributed by atoms with E-state index in [0.29, 0.717) is 26.9 Å². The second-order valence-corrected chi connectivity index (χ2v) is 5.93. The monoisotopic (exact) mass is 374 g/mol. The molecule has 0 unspecified atom stereocenters. The van der Waals surface area contributed by atoms with Crippen LogP contribution in [0.3, 0.4) is 0 Å². The summed E-state index contributed by atoms with van der Waals surface area (Å²) in [6, 6.07) is 13.1. The minimum atomic E-state index is -0.458. The lowest BCUT2D eigenvalue weighted by molar-refractivity contribution is 0.0950. The number of hydrogen-bond acceptors (Lipinski definition) is 4. The van der Waals surface area contributed by atoms with E-state index in [1.54, 1.807) is 42.5 Å².